The van der Waals surface area contributed by atoms with E-state index < -0.39 is 0 Å². The molecule has 1 unspecified atom stereocenters. The van der Waals surface area contributed by atoms with E-state index >= 15 is 0 Å². The summed E-state index contributed by atoms with van der Waals surface area (Å²) in [6.07, 6.45) is 4.26. The number of carbonyl (C=O) groups is 1. The van der Waals surface area contributed by atoms with Crippen molar-refractivity contribution in [3.8, 4) is 0 Å². The predicted molar refractivity (Wildman–Crippen MR) is 80.3 cm³/mol. The molecule has 0 aromatic carbocycles. The quantitative estimate of drug-likeness (QED) is 0.767. The third kappa shape index (κ3) is 7.24. The molecule has 0 bridgehead atoms. The summed E-state index contributed by atoms with van der Waals surface area (Å²) >= 11 is 0. The van der Waals surface area contributed by atoms with E-state index in [-0.39, 0.29) is 17.4 Å². The summed E-state index contributed by atoms with van der Waals surface area (Å²) in [5.74, 6) is 0.0691. The van der Waals surface area contributed by atoms with Crippen LogP contribution >= 0.6 is 0 Å². The van der Waals surface area contributed by atoms with E-state index in [1.807, 2.05) is 32.0 Å². The van der Waals surface area contributed by atoms with Crippen LogP contribution in [0.1, 0.15) is 45.7 Å². The summed E-state index contributed by atoms with van der Waals surface area (Å²) in [5.41, 5.74) is 0.944. The Balaban J connectivity index is 2.20. The summed E-state index contributed by atoms with van der Waals surface area (Å²) < 4.78 is 0. The van der Waals surface area contributed by atoms with E-state index in [4.69, 9.17) is 0 Å². The largest absolute Gasteiger partial charge is 0.393 e. The molecule has 1 aromatic rings. The molecule has 2 N–H and O–H groups in total. The van der Waals surface area contributed by atoms with Crippen LogP contribution in [0.3, 0.4) is 0 Å². The molecule has 1 aromatic heterocycles. The van der Waals surface area contributed by atoms with E-state index in [0.717, 1.165) is 18.5 Å². The van der Waals surface area contributed by atoms with E-state index in [1.165, 1.54) is 0 Å². The van der Waals surface area contributed by atoms with Gasteiger partial charge >= 0.3 is 0 Å². The highest BCUT2D eigenvalue weighted by molar-refractivity contribution is 5.75. The van der Waals surface area contributed by atoms with Gasteiger partial charge in [-0.1, -0.05) is 19.9 Å². The Morgan fingerprint density at radius 2 is 2.20 bits per heavy atom. The van der Waals surface area contributed by atoms with Crippen molar-refractivity contribution < 1.29 is 9.90 Å². The number of pyridine rings is 1. The van der Waals surface area contributed by atoms with Gasteiger partial charge in [-0.05, 0) is 43.7 Å². The highest BCUT2D eigenvalue weighted by atomic mass is 16.3. The van der Waals surface area contributed by atoms with Crippen LogP contribution in [-0.2, 0) is 11.2 Å². The highest BCUT2D eigenvalue weighted by Gasteiger charge is 2.20. The number of hydrogen-bond donors (Lipinski definition) is 2. The lowest BCUT2D eigenvalue weighted by atomic mass is 9.87. The molecule has 0 spiro atoms. The van der Waals surface area contributed by atoms with Crippen molar-refractivity contribution in [3.05, 3.63) is 30.1 Å². The fourth-order valence-electron chi connectivity index (χ4n) is 2.27. The molecule has 4 nitrogen and oxygen atoms in total. The maximum atomic E-state index is 11.8. The molecule has 0 aliphatic carbocycles. The van der Waals surface area contributed by atoms with Crippen molar-refractivity contribution in [2.45, 2.75) is 52.6 Å². The van der Waals surface area contributed by atoms with Crippen LogP contribution in [-0.4, -0.2) is 28.6 Å². The molecule has 0 aliphatic rings. The Hall–Kier alpha value is -1.42. The molecular formula is C16H26N2O2. The Morgan fingerprint density at radius 3 is 2.80 bits per heavy atom. The molecule has 0 fully saturated rings. The first-order valence-electron chi connectivity index (χ1n) is 7.24. The third-order valence-electron chi connectivity index (χ3n) is 3.18. The van der Waals surface area contributed by atoms with E-state index in [9.17, 15) is 9.90 Å². The second-order valence-electron chi connectivity index (χ2n) is 6.17. The van der Waals surface area contributed by atoms with Crippen molar-refractivity contribution >= 4 is 5.91 Å². The van der Waals surface area contributed by atoms with Gasteiger partial charge < -0.3 is 10.4 Å². The van der Waals surface area contributed by atoms with Crippen LogP contribution in [0, 0.1) is 5.41 Å². The lowest BCUT2D eigenvalue weighted by Crippen LogP contribution is -2.35. The fraction of sp³-hybridized carbons (Fsp3) is 0.625. The Morgan fingerprint density at radius 1 is 1.45 bits per heavy atom. The molecule has 0 radical (unpaired) electrons. The van der Waals surface area contributed by atoms with Gasteiger partial charge in [-0.3, -0.25) is 9.78 Å². The molecule has 1 rings (SSSR count). The lowest BCUT2D eigenvalue weighted by Gasteiger charge is -2.26. The number of hydrogen-bond acceptors (Lipinski definition) is 3. The summed E-state index contributed by atoms with van der Waals surface area (Å²) in [4.78, 5) is 16.0. The van der Waals surface area contributed by atoms with Gasteiger partial charge in [0.1, 0.15) is 0 Å². The summed E-state index contributed by atoms with van der Waals surface area (Å²) in [6, 6.07) is 5.82. The van der Waals surface area contributed by atoms with Crippen LogP contribution in [0.4, 0.5) is 0 Å². The molecule has 112 valence electrons. The van der Waals surface area contributed by atoms with Crippen LogP contribution in [0.5, 0.6) is 0 Å². The van der Waals surface area contributed by atoms with Gasteiger partial charge in [-0.2, -0.15) is 0 Å². The predicted octanol–water partition coefficient (Wildman–Crippen LogP) is 2.32. The molecule has 1 heterocycles. The van der Waals surface area contributed by atoms with Crippen molar-refractivity contribution in [1.82, 2.24) is 10.3 Å². The molecule has 1 amide bonds. The average molecular weight is 278 g/mol. The lowest BCUT2D eigenvalue weighted by molar-refractivity contribution is -0.121. The third-order valence-corrected chi connectivity index (χ3v) is 3.18. The Labute approximate surface area is 121 Å². The van der Waals surface area contributed by atoms with Gasteiger partial charge in [0, 0.05) is 24.9 Å². The molecule has 0 aliphatic heterocycles. The van der Waals surface area contributed by atoms with Crippen LogP contribution in [0.25, 0.3) is 0 Å². The average Bonchev–Trinajstić information content (AvgIpc) is 2.36. The number of aliphatic hydroxyl groups excluding tert-OH is 1. The first-order chi connectivity index (χ1) is 9.39. The van der Waals surface area contributed by atoms with Crippen LogP contribution < -0.4 is 5.32 Å². The maximum absolute atomic E-state index is 11.8. The van der Waals surface area contributed by atoms with Crippen molar-refractivity contribution in [1.29, 1.82) is 0 Å². The molecule has 0 saturated carbocycles. The molecule has 20 heavy (non-hydrogen) atoms. The number of aromatic nitrogens is 1. The number of carbonyl (C=O) groups excluding carboxylic acids is 1. The van der Waals surface area contributed by atoms with Crippen molar-refractivity contribution in [2.75, 3.05) is 6.54 Å². The van der Waals surface area contributed by atoms with Crippen LogP contribution in [0.15, 0.2) is 24.4 Å². The van der Waals surface area contributed by atoms with Crippen molar-refractivity contribution in [3.63, 3.8) is 0 Å². The number of aryl methyl sites for hydroxylation is 1. The van der Waals surface area contributed by atoms with Gasteiger partial charge in [0.25, 0.3) is 0 Å². The number of nitrogens with one attached hydrogen (secondary N) is 1. The maximum Gasteiger partial charge on any atom is 0.220 e. The minimum absolute atomic E-state index is 0.0691. The minimum Gasteiger partial charge on any atom is -0.393 e. The van der Waals surface area contributed by atoms with Gasteiger partial charge in [-0.15, -0.1) is 0 Å². The number of aliphatic hydroxyl groups is 1. The van der Waals surface area contributed by atoms with Gasteiger partial charge in [0.05, 0.1) is 6.10 Å². The van der Waals surface area contributed by atoms with E-state index in [1.54, 1.807) is 13.1 Å². The standard InChI is InChI=1S/C16H26N2O2/c1-13(19)11-16(2,3)12-18-15(20)9-6-8-14-7-4-5-10-17-14/h4-5,7,10,13,19H,6,8-9,11-12H2,1-3H3,(H,18,20). The van der Waals surface area contributed by atoms with Crippen LogP contribution in [0.2, 0.25) is 0 Å². The smallest absolute Gasteiger partial charge is 0.220 e. The van der Waals surface area contributed by atoms with Crippen molar-refractivity contribution in [2.24, 2.45) is 5.41 Å². The Kier molecular flexibility index (Phi) is 6.65. The Bertz CT molecular complexity index is 402. The van der Waals surface area contributed by atoms with Gasteiger partial charge in [0.2, 0.25) is 5.91 Å². The SMILES string of the molecule is CC(O)CC(C)(C)CNC(=O)CCCc1ccccn1. The highest BCUT2D eigenvalue weighted by Crippen LogP contribution is 2.21. The second kappa shape index (κ2) is 8.00. The van der Waals surface area contributed by atoms with E-state index in [0.29, 0.717) is 19.4 Å². The molecule has 4 heteroatoms. The normalized spacial score (nSPS) is 13.0. The van der Waals surface area contributed by atoms with E-state index in [2.05, 4.69) is 10.3 Å². The monoisotopic (exact) mass is 278 g/mol. The zero-order valence-corrected chi connectivity index (χ0v) is 12.7. The zero-order valence-electron chi connectivity index (χ0n) is 12.7. The molecular weight excluding hydrogens is 252 g/mol. The molecule has 1 atom stereocenters. The number of rotatable bonds is 8. The minimum atomic E-state index is -0.342. The topological polar surface area (TPSA) is 62.2 Å². The van der Waals surface area contributed by atoms with Gasteiger partial charge in [-0.25, -0.2) is 0 Å². The first-order valence-corrected chi connectivity index (χ1v) is 7.24. The number of nitrogens with zero attached hydrogens (tertiary/aromatic N) is 1. The zero-order chi connectivity index (χ0) is 15.0. The summed E-state index contributed by atoms with van der Waals surface area (Å²) in [6.45, 7) is 6.47. The molecule has 0 saturated heterocycles. The summed E-state index contributed by atoms with van der Waals surface area (Å²) in [5, 5.41) is 12.3. The second-order valence-corrected chi connectivity index (χ2v) is 6.17. The van der Waals surface area contributed by atoms with Gasteiger partial charge in [0.15, 0.2) is 0 Å². The first kappa shape index (κ1) is 16.6. The number of amides is 1. The fourth-order valence-corrected chi connectivity index (χ4v) is 2.27. The summed E-state index contributed by atoms with van der Waals surface area (Å²) in [7, 11) is 0.